The highest BCUT2D eigenvalue weighted by Gasteiger charge is 2.37. The number of terminal acetylenes is 8. The Labute approximate surface area is 650 Å². The zero-order chi connectivity index (χ0) is 76.0. The van der Waals surface area contributed by atoms with Gasteiger partial charge < -0.3 is 9.47 Å². The first-order chi connectivity index (χ1) is 54.4. The highest BCUT2D eigenvalue weighted by Crippen LogP contribution is 2.53. The first kappa shape index (κ1) is 68.5. The van der Waals surface area contributed by atoms with Gasteiger partial charge in [0.25, 0.3) is 0 Å². The van der Waals surface area contributed by atoms with Gasteiger partial charge >= 0.3 is 0 Å². The minimum Gasteiger partial charge on any atom is -0.310 e. The summed E-state index contributed by atoms with van der Waals surface area (Å²) < 4.78 is 2.36. The normalized spacial score (nSPS) is 11.5. The van der Waals surface area contributed by atoms with Crippen LogP contribution in [0.4, 0.5) is 17.1 Å². The summed E-state index contributed by atoms with van der Waals surface area (Å²) >= 11 is 0. The van der Waals surface area contributed by atoms with Crippen molar-refractivity contribution in [2.24, 2.45) is 0 Å². The van der Waals surface area contributed by atoms with Crippen LogP contribution in [-0.4, -0.2) is 4.57 Å². The lowest BCUT2D eigenvalue weighted by Gasteiger charge is -2.28. The summed E-state index contributed by atoms with van der Waals surface area (Å²) in [5, 5.41) is 2.42. The number of benzene rings is 15. The molecule has 111 heavy (non-hydrogen) atoms. The van der Waals surface area contributed by atoms with Crippen LogP contribution in [0.2, 0.25) is 0 Å². The number of para-hydroxylation sites is 2. The van der Waals surface area contributed by atoms with Gasteiger partial charge in [-0.2, -0.15) is 0 Å². The number of rotatable bonds is 13. The minimum absolute atomic E-state index is 0.473. The average molecular weight is 1400 g/mol. The SMILES string of the molecule is C#Cc1cccc(-c2cc(-c3cc(-c4ccc(-c5cccc(C#C)c5C#C)c(-c5cccc(C#C)c5C#C)c4)cc(-c4ccc5c(c4)C(C)(C)c4cc(N(c6ccc(-c7ccccc7)cc6)c6ccc(-c7ccc8c(c7)c7ccccc7n8-c7ccccc7)cc6)ccc4-5)c3)cc(-c3cccc(C#C)c3C#C)c2)c1C#C. The van der Waals surface area contributed by atoms with Gasteiger partial charge in [0.1, 0.15) is 0 Å². The van der Waals surface area contributed by atoms with Crippen molar-refractivity contribution >= 4 is 38.9 Å². The monoisotopic (exact) mass is 1400 g/mol. The van der Waals surface area contributed by atoms with Crippen LogP contribution >= 0.6 is 0 Å². The molecule has 1 aromatic heterocycles. The van der Waals surface area contributed by atoms with E-state index in [4.69, 9.17) is 51.4 Å². The van der Waals surface area contributed by atoms with Gasteiger partial charge in [0.2, 0.25) is 0 Å². The van der Waals surface area contributed by atoms with Crippen molar-refractivity contribution < 1.29 is 0 Å². The fraction of sp³-hybridized carbons (Fsp3) is 0.0275. The number of hydrogen-bond acceptors (Lipinski definition) is 1. The number of aromatic nitrogens is 1. The van der Waals surface area contributed by atoms with Crippen LogP contribution < -0.4 is 4.90 Å². The van der Waals surface area contributed by atoms with Crippen molar-refractivity contribution in [2.45, 2.75) is 19.3 Å². The Balaban J connectivity index is 0.820. The van der Waals surface area contributed by atoms with E-state index in [0.29, 0.717) is 44.5 Å². The summed E-state index contributed by atoms with van der Waals surface area (Å²) in [4.78, 5) is 2.38. The van der Waals surface area contributed by atoms with Gasteiger partial charge in [-0.1, -0.05) is 237 Å². The van der Waals surface area contributed by atoms with Crippen molar-refractivity contribution in [1.82, 2.24) is 4.57 Å². The van der Waals surface area contributed by atoms with Gasteiger partial charge in [-0.15, -0.1) is 51.4 Å². The third-order valence-electron chi connectivity index (χ3n) is 21.8. The molecule has 512 valence electrons. The molecule has 15 aromatic carbocycles. The smallest absolute Gasteiger partial charge is 0.0541 e. The van der Waals surface area contributed by atoms with Gasteiger partial charge in [0.05, 0.1) is 11.0 Å². The molecule has 17 rings (SSSR count). The molecule has 0 radical (unpaired) electrons. The first-order valence-electron chi connectivity index (χ1n) is 36.6. The molecule has 0 saturated carbocycles. The zero-order valence-electron chi connectivity index (χ0n) is 61.0. The van der Waals surface area contributed by atoms with E-state index in [1.54, 1.807) is 0 Å². The van der Waals surface area contributed by atoms with Gasteiger partial charge in [0.15, 0.2) is 0 Å². The number of anilines is 3. The fourth-order valence-corrected chi connectivity index (χ4v) is 16.4. The van der Waals surface area contributed by atoms with Crippen molar-refractivity contribution in [1.29, 1.82) is 0 Å². The highest BCUT2D eigenvalue weighted by molar-refractivity contribution is 6.11. The van der Waals surface area contributed by atoms with Crippen molar-refractivity contribution in [3.8, 4) is 216 Å². The molecule has 0 atom stereocenters. The van der Waals surface area contributed by atoms with E-state index >= 15 is 0 Å². The second kappa shape index (κ2) is 28.3. The molecule has 2 nitrogen and oxygen atoms in total. The number of nitrogens with zero attached hydrogens (tertiary/aromatic N) is 2. The largest absolute Gasteiger partial charge is 0.310 e. The predicted octanol–water partition coefficient (Wildman–Crippen LogP) is 25.4. The quantitative estimate of drug-likeness (QED) is 0.104. The van der Waals surface area contributed by atoms with Crippen LogP contribution in [0.5, 0.6) is 0 Å². The molecule has 0 fully saturated rings. The Kier molecular flexibility index (Phi) is 17.5. The summed E-state index contributed by atoms with van der Waals surface area (Å²) in [6.07, 6.45) is 50.2. The average Bonchev–Trinajstić information content (AvgIpc) is 1.59. The summed E-state index contributed by atoms with van der Waals surface area (Å²) in [5.41, 5.74) is 32.2. The molecular formula is C109H66N2. The minimum atomic E-state index is -0.473. The van der Waals surface area contributed by atoms with Crippen LogP contribution in [0.25, 0.3) is 139 Å². The van der Waals surface area contributed by atoms with Gasteiger partial charge in [-0.3, -0.25) is 0 Å². The summed E-state index contributed by atoms with van der Waals surface area (Å²) in [5.74, 6) is 23.1. The van der Waals surface area contributed by atoms with E-state index in [9.17, 15) is 0 Å². The lowest BCUT2D eigenvalue weighted by Crippen LogP contribution is -2.16. The maximum absolute atomic E-state index is 6.43. The van der Waals surface area contributed by atoms with Crippen molar-refractivity contribution in [3.63, 3.8) is 0 Å². The molecule has 0 amide bonds. The second-order valence-electron chi connectivity index (χ2n) is 28.3. The molecule has 16 aromatic rings. The first-order valence-corrected chi connectivity index (χ1v) is 36.6. The maximum Gasteiger partial charge on any atom is 0.0541 e. The Hall–Kier alpha value is -15.6. The Bertz CT molecular complexity index is 6820. The predicted molar refractivity (Wildman–Crippen MR) is 465 cm³/mol. The standard InChI is InChI=1S/C109H66N2/c1-11-71-33-27-40-95(91(71)15-5)85-64-84(65-86(66-85)96-41-28-34-72(12-2)92(96)16-6)83-62-81(79-49-57-99(97-42-29-35-73(13-3)93(97)17-7)103(67-79)98-43-30-36-74(14-4)94(98)18-8)61-82(63-83)80-50-58-100-101-59-56-90(70-106(101)109(9,10)105(100)69-80)110(88-52-45-76(46-53-88)75-31-21-19-22-32-75)89-54-47-77(48-55-89)78-51-60-108-104(68-78)102-39-25-26-44-107(102)111(108)87-37-23-20-24-38-87/h1-8,19-70H,9-10H3. The third kappa shape index (κ3) is 12.0. The number of hydrogen-bond donors (Lipinski definition) is 0. The summed E-state index contributed by atoms with van der Waals surface area (Å²) in [7, 11) is 0. The second-order valence-corrected chi connectivity index (χ2v) is 28.3. The number of fused-ring (bicyclic) bond motifs is 6. The molecule has 2 heteroatoms. The molecule has 0 aliphatic heterocycles. The van der Waals surface area contributed by atoms with Crippen molar-refractivity contribution in [3.05, 3.63) is 371 Å². The molecule has 1 aliphatic carbocycles. The third-order valence-corrected chi connectivity index (χ3v) is 21.8. The van der Waals surface area contributed by atoms with Gasteiger partial charge in [0, 0.05) is 83.4 Å². The topological polar surface area (TPSA) is 8.17 Å². The van der Waals surface area contributed by atoms with Crippen molar-refractivity contribution in [2.75, 3.05) is 4.90 Å². The van der Waals surface area contributed by atoms with E-state index in [1.807, 2.05) is 72.8 Å². The molecular weight excluding hydrogens is 1340 g/mol. The molecule has 0 saturated heterocycles. The van der Waals surface area contributed by atoms with Crippen LogP contribution in [0, 0.1) is 98.8 Å². The maximum atomic E-state index is 6.43. The molecule has 1 aliphatic rings. The van der Waals surface area contributed by atoms with Gasteiger partial charge in [-0.05, 0) is 262 Å². The molecule has 0 unspecified atom stereocenters. The summed E-state index contributed by atoms with van der Waals surface area (Å²) in [6, 6.07) is 111. The lowest BCUT2D eigenvalue weighted by atomic mass is 9.81. The lowest BCUT2D eigenvalue weighted by molar-refractivity contribution is 0.660. The molecule has 0 spiro atoms. The Morgan fingerprint density at radius 2 is 0.604 bits per heavy atom. The molecule has 0 N–H and O–H groups in total. The zero-order valence-corrected chi connectivity index (χ0v) is 61.0. The van der Waals surface area contributed by atoms with E-state index < -0.39 is 5.41 Å². The van der Waals surface area contributed by atoms with Crippen LogP contribution in [0.15, 0.2) is 315 Å². The van der Waals surface area contributed by atoms with E-state index in [-0.39, 0.29) is 0 Å². The van der Waals surface area contributed by atoms with Crippen LogP contribution in [0.3, 0.4) is 0 Å². The molecule has 1 heterocycles. The van der Waals surface area contributed by atoms with Gasteiger partial charge in [-0.25, -0.2) is 0 Å². The van der Waals surface area contributed by atoms with E-state index in [2.05, 4.69) is 313 Å². The Morgan fingerprint density at radius 3 is 1.14 bits per heavy atom. The van der Waals surface area contributed by atoms with E-state index in [1.165, 1.54) is 38.5 Å². The molecule has 0 bridgehead atoms. The van der Waals surface area contributed by atoms with E-state index in [0.717, 1.165) is 128 Å². The fourth-order valence-electron chi connectivity index (χ4n) is 16.4. The summed E-state index contributed by atoms with van der Waals surface area (Å²) in [6.45, 7) is 4.68. The Morgan fingerprint density at radius 1 is 0.234 bits per heavy atom. The van der Waals surface area contributed by atoms with Crippen LogP contribution in [0.1, 0.15) is 69.5 Å². The highest BCUT2D eigenvalue weighted by atomic mass is 15.1. The van der Waals surface area contributed by atoms with Crippen LogP contribution in [-0.2, 0) is 5.41 Å².